The molecule has 1 saturated carbocycles. The standard InChI is InChI=1S/C18H23Cl2N3O/c1-23(11-14-6-7-15(19)10-16(14)20)12-17(24)22-18(13-21)8-4-2-3-5-9-18/h6-7,10H,2-5,8-9,11-12H2,1H3,(H,22,24). The number of benzene rings is 1. The molecule has 6 heteroatoms. The summed E-state index contributed by atoms with van der Waals surface area (Å²) < 4.78 is 0. The minimum absolute atomic E-state index is 0.119. The minimum atomic E-state index is -0.702. The lowest BCUT2D eigenvalue weighted by molar-refractivity contribution is -0.123. The molecule has 4 nitrogen and oxygen atoms in total. The summed E-state index contributed by atoms with van der Waals surface area (Å²) in [4.78, 5) is 14.3. The Kier molecular flexibility index (Phi) is 6.91. The lowest BCUT2D eigenvalue weighted by Crippen LogP contribution is -2.50. The van der Waals surface area contributed by atoms with E-state index in [0.29, 0.717) is 16.6 Å². The minimum Gasteiger partial charge on any atom is -0.337 e. The van der Waals surface area contributed by atoms with Crippen LogP contribution in [0, 0.1) is 11.3 Å². The largest absolute Gasteiger partial charge is 0.337 e. The van der Waals surface area contributed by atoms with Gasteiger partial charge < -0.3 is 5.32 Å². The zero-order valence-corrected chi connectivity index (χ0v) is 15.5. The summed E-state index contributed by atoms with van der Waals surface area (Å²) in [6, 6.07) is 7.68. The van der Waals surface area contributed by atoms with E-state index < -0.39 is 5.54 Å². The molecular weight excluding hydrogens is 345 g/mol. The first-order chi connectivity index (χ1) is 11.4. The number of nitriles is 1. The second kappa shape index (κ2) is 8.71. The SMILES string of the molecule is CN(CC(=O)NC1(C#N)CCCCCC1)Cc1ccc(Cl)cc1Cl. The van der Waals surface area contributed by atoms with Crippen molar-refractivity contribution in [1.82, 2.24) is 10.2 Å². The maximum Gasteiger partial charge on any atom is 0.235 e. The number of carbonyl (C=O) groups excluding carboxylic acids is 1. The lowest BCUT2D eigenvalue weighted by atomic mass is 9.92. The summed E-state index contributed by atoms with van der Waals surface area (Å²) >= 11 is 12.1. The third-order valence-electron chi connectivity index (χ3n) is 4.42. The molecule has 1 aliphatic rings. The number of nitrogens with one attached hydrogen (secondary N) is 1. The van der Waals surface area contributed by atoms with Crippen LogP contribution in [0.5, 0.6) is 0 Å². The molecular formula is C18H23Cl2N3O. The Morgan fingerprint density at radius 2 is 1.96 bits per heavy atom. The van der Waals surface area contributed by atoms with E-state index in [-0.39, 0.29) is 12.5 Å². The predicted octanol–water partition coefficient (Wildman–Crippen LogP) is 4.16. The van der Waals surface area contributed by atoms with Crippen molar-refractivity contribution in [2.45, 2.75) is 50.6 Å². The van der Waals surface area contributed by atoms with Crippen molar-refractivity contribution < 1.29 is 4.79 Å². The maximum atomic E-state index is 12.4. The summed E-state index contributed by atoms with van der Waals surface area (Å²) in [5.41, 5.74) is 0.215. The van der Waals surface area contributed by atoms with Gasteiger partial charge in [0.1, 0.15) is 5.54 Å². The van der Waals surface area contributed by atoms with Crippen molar-refractivity contribution in [3.8, 4) is 6.07 Å². The van der Waals surface area contributed by atoms with E-state index in [0.717, 1.165) is 44.1 Å². The van der Waals surface area contributed by atoms with Crippen LogP contribution in [0.25, 0.3) is 0 Å². The second-order valence-corrected chi connectivity index (χ2v) is 7.41. The van der Waals surface area contributed by atoms with Crippen LogP contribution < -0.4 is 5.32 Å². The van der Waals surface area contributed by atoms with Gasteiger partial charge in [-0.15, -0.1) is 0 Å². The Bertz CT molecular complexity index is 619. The van der Waals surface area contributed by atoms with Crippen LogP contribution in [-0.2, 0) is 11.3 Å². The summed E-state index contributed by atoms with van der Waals surface area (Å²) in [5.74, 6) is -0.119. The van der Waals surface area contributed by atoms with Gasteiger partial charge in [-0.25, -0.2) is 0 Å². The Balaban J connectivity index is 1.92. The number of rotatable bonds is 5. The zero-order chi connectivity index (χ0) is 17.6. The highest BCUT2D eigenvalue weighted by atomic mass is 35.5. The predicted molar refractivity (Wildman–Crippen MR) is 97.0 cm³/mol. The van der Waals surface area contributed by atoms with Gasteiger partial charge in [-0.05, 0) is 37.6 Å². The molecule has 0 atom stereocenters. The number of likely N-dealkylation sites (N-methyl/N-ethyl adjacent to an activating group) is 1. The van der Waals surface area contributed by atoms with Crippen LogP contribution in [0.15, 0.2) is 18.2 Å². The molecule has 0 aromatic heterocycles. The van der Waals surface area contributed by atoms with Crippen LogP contribution in [-0.4, -0.2) is 29.9 Å². The molecule has 1 amide bonds. The zero-order valence-electron chi connectivity index (χ0n) is 13.9. The number of hydrogen-bond donors (Lipinski definition) is 1. The molecule has 0 spiro atoms. The van der Waals surface area contributed by atoms with E-state index in [2.05, 4.69) is 11.4 Å². The highest BCUT2D eigenvalue weighted by molar-refractivity contribution is 6.35. The molecule has 1 fully saturated rings. The number of amides is 1. The van der Waals surface area contributed by atoms with Crippen LogP contribution in [0.2, 0.25) is 10.0 Å². The van der Waals surface area contributed by atoms with Crippen molar-refractivity contribution in [2.75, 3.05) is 13.6 Å². The van der Waals surface area contributed by atoms with E-state index >= 15 is 0 Å². The highest BCUT2D eigenvalue weighted by Gasteiger charge is 2.32. The Labute approximate surface area is 153 Å². The first-order valence-corrected chi connectivity index (χ1v) is 9.04. The normalized spacial score (nSPS) is 17.1. The monoisotopic (exact) mass is 367 g/mol. The van der Waals surface area contributed by atoms with Gasteiger partial charge in [0.05, 0.1) is 12.6 Å². The maximum absolute atomic E-state index is 12.4. The van der Waals surface area contributed by atoms with E-state index in [1.165, 1.54) is 0 Å². The summed E-state index contributed by atoms with van der Waals surface area (Å²) in [5, 5.41) is 13.7. The topological polar surface area (TPSA) is 56.1 Å². The molecule has 0 bridgehead atoms. The van der Waals surface area contributed by atoms with E-state index in [1.807, 2.05) is 18.0 Å². The number of hydrogen-bond acceptors (Lipinski definition) is 3. The van der Waals surface area contributed by atoms with Gasteiger partial charge in [-0.3, -0.25) is 9.69 Å². The number of carbonyl (C=O) groups is 1. The average molecular weight is 368 g/mol. The fourth-order valence-corrected chi connectivity index (χ4v) is 3.61. The van der Waals surface area contributed by atoms with Gasteiger partial charge in [-0.2, -0.15) is 5.26 Å². The highest BCUT2D eigenvalue weighted by Crippen LogP contribution is 2.26. The van der Waals surface area contributed by atoms with Crippen LogP contribution in [0.1, 0.15) is 44.1 Å². The first-order valence-electron chi connectivity index (χ1n) is 8.29. The molecule has 0 heterocycles. The van der Waals surface area contributed by atoms with Crippen molar-refractivity contribution in [1.29, 1.82) is 5.26 Å². The number of nitrogens with zero attached hydrogens (tertiary/aromatic N) is 2. The molecule has 0 saturated heterocycles. The fraction of sp³-hybridized carbons (Fsp3) is 0.556. The third-order valence-corrected chi connectivity index (χ3v) is 5.01. The smallest absolute Gasteiger partial charge is 0.235 e. The molecule has 1 N–H and O–H groups in total. The van der Waals surface area contributed by atoms with Crippen LogP contribution in [0.3, 0.4) is 0 Å². The van der Waals surface area contributed by atoms with Gasteiger partial charge in [0.25, 0.3) is 0 Å². The van der Waals surface area contributed by atoms with E-state index in [1.54, 1.807) is 12.1 Å². The van der Waals surface area contributed by atoms with E-state index in [4.69, 9.17) is 23.2 Å². The molecule has 0 unspecified atom stereocenters. The van der Waals surface area contributed by atoms with Gasteiger partial charge in [0.2, 0.25) is 5.91 Å². The first kappa shape index (κ1) is 19.1. The Morgan fingerprint density at radius 1 is 1.29 bits per heavy atom. The van der Waals surface area contributed by atoms with Gasteiger partial charge in [-0.1, -0.05) is 55.0 Å². The number of halogens is 2. The molecule has 2 rings (SSSR count). The van der Waals surface area contributed by atoms with Gasteiger partial charge in [0.15, 0.2) is 0 Å². The van der Waals surface area contributed by atoms with Crippen molar-refractivity contribution >= 4 is 29.1 Å². The molecule has 1 aliphatic carbocycles. The molecule has 130 valence electrons. The molecule has 24 heavy (non-hydrogen) atoms. The van der Waals surface area contributed by atoms with Crippen molar-refractivity contribution in [3.05, 3.63) is 33.8 Å². The van der Waals surface area contributed by atoms with Gasteiger partial charge >= 0.3 is 0 Å². The summed E-state index contributed by atoms with van der Waals surface area (Å²) in [6.07, 6.45) is 5.72. The summed E-state index contributed by atoms with van der Waals surface area (Å²) in [6.45, 7) is 0.769. The third kappa shape index (κ3) is 5.37. The lowest BCUT2D eigenvalue weighted by Gasteiger charge is -2.27. The molecule has 1 aromatic rings. The Hall–Kier alpha value is -1.28. The quantitative estimate of drug-likeness (QED) is 0.794. The Morgan fingerprint density at radius 3 is 2.54 bits per heavy atom. The average Bonchev–Trinajstić information content (AvgIpc) is 2.76. The van der Waals surface area contributed by atoms with E-state index in [9.17, 15) is 10.1 Å². The fourth-order valence-electron chi connectivity index (χ4n) is 3.15. The second-order valence-electron chi connectivity index (χ2n) is 6.56. The van der Waals surface area contributed by atoms with Crippen LogP contribution in [0.4, 0.5) is 0 Å². The molecule has 0 radical (unpaired) electrons. The van der Waals surface area contributed by atoms with Crippen molar-refractivity contribution in [2.24, 2.45) is 0 Å². The van der Waals surface area contributed by atoms with Crippen LogP contribution >= 0.6 is 23.2 Å². The van der Waals surface area contributed by atoms with Gasteiger partial charge in [0, 0.05) is 16.6 Å². The summed E-state index contributed by atoms with van der Waals surface area (Å²) in [7, 11) is 1.86. The molecule has 1 aromatic carbocycles. The van der Waals surface area contributed by atoms with Crippen molar-refractivity contribution in [3.63, 3.8) is 0 Å². The molecule has 0 aliphatic heterocycles.